The van der Waals surface area contributed by atoms with Crippen LogP contribution in [0.25, 0.3) is 0 Å². The van der Waals surface area contributed by atoms with Crippen LogP contribution in [0.15, 0.2) is 54.6 Å². The predicted molar refractivity (Wildman–Crippen MR) is 77.9 cm³/mol. The Kier molecular flexibility index (Phi) is 3.44. The van der Waals surface area contributed by atoms with Crippen LogP contribution >= 0.6 is 0 Å². The predicted octanol–water partition coefficient (Wildman–Crippen LogP) is 2.34. The lowest BCUT2D eigenvalue weighted by molar-refractivity contribution is -0.142. The van der Waals surface area contributed by atoms with Crippen molar-refractivity contribution >= 4 is 11.9 Å². The first kappa shape index (κ1) is 13.4. The van der Waals surface area contributed by atoms with Gasteiger partial charge in [0.05, 0.1) is 0 Å². The molecule has 0 fully saturated rings. The molecular formula is C17H15NO3. The Morgan fingerprint density at radius 3 is 2.24 bits per heavy atom. The third-order valence-corrected chi connectivity index (χ3v) is 3.82. The van der Waals surface area contributed by atoms with Crippen molar-refractivity contribution in [3.63, 3.8) is 0 Å². The van der Waals surface area contributed by atoms with Crippen LogP contribution in [0, 0.1) is 0 Å². The van der Waals surface area contributed by atoms with Gasteiger partial charge in [0.2, 0.25) is 0 Å². The first-order valence-electron chi connectivity index (χ1n) is 6.82. The summed E-state index contributed by atoms with van der Waals surface area (Å²) in [6.07, 6.45) is 0.351. The Morgan fingerprint density at radius 1 is 0.952 bits per heavy atom. The molecule has 21 heavy (non-hydrogen) atoms. The fourth-order valence-corrected chi connectivity index (χ4v) is 2.70. The number of fused-ring (bicyclic) bond motifs is 1. The van der Waals surface area contributed by atoms with Crippen LogP contribution < -0.4 is 0 Å². The molecule has 0 saturated heterocycles. The Hall–Kier alpha value is -2.62. The van der Waals surface area contributed by atoms with Crippen LogP contribution in [-0.2, 0) is 17.8 Å². The standard InChI is InChI=1S/C17H15NO3/c19-16(12-6-2-1-3-7-12)18-11-14-9-5-4-8-13(14)10-15(18)17(20)21/h1-9,15H,10-11H2,(H,20,21)/t15-/m0/s1. The number of carbonyl (C=O) groups is 2. The molecule has 1 amide bonds. The minimum absolute atomic E-state index is 0.238. The third-order valence-electron chi connectivity index (χ3n) is 3.82. The SMILES string of the molecule is O=C(O)[C@@H]1Cc2ccccc2CN1C(=O)c1ccccc1. The van der Waals surface area contributed by atoms with E-state index in [0.29, 0.717) is 18.5 Å². The van der Waals surface area contributed by atoms with E-state index in [2.05, 4.69) is 0 Å². The van der Waals surface area contributed by atoms with Gasteiger partial charge in [-0.2, -0.15) is 0 Å². The maximum absolute atomic E-state index is 12.6. The summed E-state index contributed by atoms with van der Waals surface area (Å²) in [6, 6.07) is 15.7. The summed E-state index contributed by atoms with van der Waals surface area (Å²) in [7, 11) is 0. The van der Waals surface area contributed by atoms with Gasteiger partial charge in [0, 0.05) is 18.5 Å². The Balaban J connectivity index is 1.96. The van der Waals surface area contributed by atoms with E-state index in [4.69, 9.17) is 0 Å². The molecule has 0 unspecified atom stereocenters. The van der Waals surface area contributed by atoms with Crippen LogP contribution in [0.3, 0.4) is 0 Å². The molecule has 3 rings (SSSR count). The Bertz CT molecular complexity index is 681. The topological polar surface area (TPSA) is 57.6 Å². The van der Waals surface area contributed by atoms with Crippen molar-refractivity contribution in [2.24, 2.45) is 0 Å². The van der Waals surface area contributed by atoms with Crippen LogP contribution in [0.2, 0.25) is 0 Å². The van der Waals surface area contributed by atoms with Crippen molar-refractivity contribution in [1.29, 1.82) is 0 Å². The highest BCUT2D eigenvalue weighted by atomic mass is 16.4. The van der Waals surface area contributed by atoms with E-state index in [0.717, 1.165) is 11.1 Å². The molecule has 2 aromatic carbocycles. The lowest BCUT2D eigenvalue weighted by Crippen LogP contribution is -2.48. The van der Waals surface area contributed by atoms with E-state index < -0.39 is 12.0 Å². The highest BCUT2D eigenvalue weighted by molar-refractivity contribution is 5.96. The van der Waals surface area contributed by atoms with E-state index in [1.807, 2.05) is 30.3 Å². The zero-order valence-corrected chi connectivity index (χ0v) is 11.4. The Morgan fingerprint density at radius 2 is 1.57 bits per heavy atom. The normalized spacial score (nSPS) is 17.1. The van der Waals surface area contributed by atoms with Crippen molar-refractivity contribution in [2.75, 3.05) is 0 Å². The van der Waals surface area contributed by atoms with Gasteiger partial charge in [0.1, 0.15) is 6.04 Å². The first-order chi connectivity index (χ1) is 10.2. The van der Waals surface area contributed by atoms with Crippen LogP contribution in [0.4, 0.5) is 0 Å². The Labute approximate surface area is 122 Å². The summed E-state index contributed by atoms with van der Waals surface area (Å²) in [5.41, 5.74) is 2.53. The average Bonchev–Trinajstić information content (AvgIpc) is 2.53. The summed E-state index contributed by atoms with van der Waals surface area (Å²) in [6.45, 7) is 0.334. The van der Waals surface area contributed by atoms with Crippen molar-refractivity contribution < 1.29 is 14.7 Å². The minimum Gasteiger partial charge on any atom is -0.480 e. The number of carbonyl (C=O) groups excluding carboxylic acids is 1. The van der Waals surface area contributed by atoms with E-state index in [1.54, 1.807) is 24.3 Å². The number of rotatable bonds is 2. The van der Waals surface area contributed by atoms with Gasteiger partial charge in [-0.1, -0.05) is 42.5 Å². The van der Waals surface area contributed by atoms with Crippen molar-refractivity contribution in [3.8, 4) is 0 Å². The first-order valence-corrected chi connectivity index (χ1v) is 6.82. The van der Waals surface area contributed by atoms with Gasteiger partial charge in [-0.3, -0.25) is 4.79 Å². The van der Waals surface area contributed by atoms with E-state index >= 15 is 0 Å². The second-order valence-corrected chi connectivity index (χ2v) is 5.13. The van der Waals surface area contributed by atoms with Crippen molar-refractivity contribution in [2.45, 2.75) is 19.0 Å². The lowest BCUT2D eigenvalue weighted by Gasteiger charge is -2.34. The molecule has 0 bridgehead atoms. The second kappa shape index (κ2) is 5.40. The highest BCUT2D eigenvalue weighted by Gasteiger charge is 2.34. The lowest BCUT2D eigenvalue weighted by atomic mass is 9.93. The molecular weight excluding hydrogens is 266 g/mol. The monoisotopic (exact) mass is 281 g/mol. The van der Waals surface area contributed by atoms with E-state index in [1.165, 1.54) is 4.90 Å². The molecule has 4 nitrogen and oxygen atoms in total. The van der Waals surface area contributed by atoms with Crippen molar-refractivity contribution in [3.05, 3.63) is 71.3 Å². The molecule has 1 aliphatic heterocycles. The van der Waals surface area contributed by atoms with Crippen LogP contribution in [0.5, 0.6) is 0 Å². The van der Waals surface area contributed by atoms with Gasteiger partial charge >= 0.3 is 5.97 Å². The average molecular weight is 281 g/mol. The largest absolute Gasteiger partial charge is 0.480 e. The van der Waals surface area contributed by atoms with Gasteiger partial charge in [-0.05, 0) is 23.3 Å². The zero-order chi connectivity index (χ0) is 14.8. The van der Waals surface area contributed by atoms with Gasteiger partial charge in [0.15, 0.2) is 0 Å². The summed E-state index contributed by atoms with van der Waals surface area (Å²) in [5, 5.41) is 9.44. The van der Waals surface area contributed by atoms with Crippen LogP contribution in [0.1, 0.15) is 21.5 Å². The summed E-state index contributed by atoms with van der Waals surface area (Å²) >= 11 is 0. The number of carboxylic acids is 1. The maximum Gasteiger partial charge on any atom is 0.326 e. The third kappa shape index (κ3) is 2.52. The molecule has 0 saturated carbocycles. The number of hydrogen-bond donors (Lipinski definition) is 1. The fourth-order valence-electron chi connectivity index (χ4n) is 2.70. The zero-order valence-electron chi connectivity index (χ0n) is 11.4. The molecule has 0 spiro atoms. The number of amides is 1. The molecule has 4 heteroatoms. The smallest absolute Gasteiger partial charge is 0.326 e. The molecule has 0 aromatic heterocycles. The van der Waals surface area contributed by atoms with Crippen LogP contribution in [-0.4, -0.2) is 27.9 Å². The molecule has 0 aliphatic carbocycles. The van der Waals surface area contributed by atoms with E-state index in [-0.39, 0.29) is 5.91 Å². The highest BCUT2D eigenvalue weighted by Crippen LogP contribution is 2.25. The summed E-state index contributed by atoms with van der Waals surface area (Å²) < 4.78 is 0. The molecule has 1 aliphatic rings. The quantitative estimate of drug-likeness (QED) is 0.919. The minimum atomic E-state index is -0.964. The molecule has 106 valence electrons. The maximum atomic E-state index is 12.6. The number of carboxylic acid groups (broad SMARTS) is 1. The summed E-state index contributed by atoms with van der Waals surface area (Å²) in [4.78, 5) is 25.5. The number of aliphatic carboxylic acids is 1. The van der Waals surface area contributed by atoms with Gasteiger partial charge in [-0.25, -0.2) is 4.79 Å². The van der Waals surface area contributed by atoms with Gasteiger partial charge in [-0.15, -0.1) is 0 Å². The number of benzene rings is 2. The molecule has 1 N–H and O–H groups in total. The van der Waals surface area contributed by atoms with E-state index in [9.17, 15) is 14.7 Å². The molecule has 2 aromatic rings. The number of hydrogen-bond acceptors (Lipinski definition) is 2. The van der Waals surface area contributed by atoms with Gasteiger partial charge < -0.3 is 10.0 Å². The molecule has 0 radical (unpaired) electrons. The fraction of sp³-hybridized carbons (Fsp3) is 0.176. The van der Waals surface area contributed by atoms with Crippen molar-refractivity contribution in [1.82, 2.24) is 4.90 Å². The molecule has 1 atom stereocenters. The second-order valence-electron chi connectivity index (χ2n) is 5.13. The summed E-state index contributed by atoms with van der Waals surface area (Å²) in [5.74, 6) is -1.20. The van der Waals surface area contributed by atoms with Gasteiger partial charge in [0.25, 0.3) is 5.91 Å². The molecule has 1 heterocycles. The number of nitrogens with zero attached hydrogens (tertiary/aromatic N) is 1.